The van der Waals surface area contributed by atoms with Crippen LogP contribution in [0.5, 0.6) is 0 Å². The summed E-state index contributed by atoms with van der Waals surface area (Å²) in [6.07, 6.45) is 3.78. The first-order valence-corrected chi connectivity index (χ1v) is 6.66. The summed E-state index contributed by atoms with van der Waals surface area (Å²) in [7, 11) is 0. The quantitative estimate of drug-likeness (QED) is 0.859. The topological polar surface area (TPSA) is 52.6 Å². The third kappa shape index (κ3) is 3.92. The Hall–Kier alpha value is -1.62. The van der Waals surface area contributed by atoms with Gasteiger partial charge in [0.05, 0.1) is 11.3 Å². The lowest BCUT2D eigenvalue weighted by atomic mass is 10.1. The van der Waals surface area contributed by atoms with Crippen molar-refractivity contribution < 1.29 is 14.3 Å². The van der Waals surface area contributed by atoms with Crippen LogP contribution in [0.1, 0.15) is 29.6 Å². The van der Waals surface area contributed by atoms with Gasteiger partial charge in [-0.05, 0) is 44.1 Å². The predicted molar refractivity (Wildman–Crippen MR) is 72.1 cm³/mol. The first-order chi connectivity index (χ1) is 9.16. The molecule has 2 rings (SSSR count). The molecule has 0 unspecified atom stereocenters. The van der Waals surface area contributed by atoms with Gasteiger partial charge in [-0.1, -0.05) is 6.42 Å². The fourth-order valence-corrected chi connectivity index (χ4v) is 2.32. The third-order valence-corrected chi connectivity index (χ3v) is 3.41. The number of benzene rings is 1. The molecule has 5 heteroatoms. The van der Waals surface area contributed by atoms with Gasteiger partial charge in [0.25, 0.3) is 0 Å². The second-order valence-electron chi connectivity index (χ2n) is 4.83. The molecule has 104 valence electrons. The van der Waals surface area contributed by atoms with Crippen molar-refractivity contribution >= 4 is 11.7 Å². The fraction of sp³-hybridized carbons (Fsp3) is 0.500. The van der Waals surface area contributed by atoms with Gasteiger partial charge in [0.1, 0.15) is 5.82 Å². The predicted octanol–water partition coefficient (Wildman–Crippen LogP) is 2.42. The van der Waals surface area contributed by atoms with E-state index >= 15 is 0 Å². The van der Waals surface area contributed by atoms with Gasteiger partial charge in [0, 0.05) is 13.1 Å². The van der Waals surface area contributed by atoms with Crippen LogP contribution in [0.4, 0.5) is 10.1 Å². The van der Waals surface area contributed by atoms with Crippen molar-refractivity contribution in [3.63, 3.8) is 0 Å². The van der Waals surface area contributed by atoms with E-state index in [1.54, 1.807) is 0 Å². The molecular weight excluding hydrogens is 247 g/mol. The van der Waals surface area contributed by atoms with Crippen LogP contribution in [0.2, 0.25) is 0 Å². The van der Waals surface area contributed by atoms with Crippen LogP contribution in [0.3, 0.4) is 0 Å². The molecule has 1 fully saturated rings. The second-order valence-corrected chi connectivity index (χ2v) is 4.83. The van der Waals surface area contributed by atoms with E-state index in [1.807, 2.05) is 0 Å². The van der Waals surface area contributed by atoms with E-state index < -0.39 is 11.8 Å². The Labute approximate surface area is 112 Å². The normalized spacial score (nSPS) is 16.3. The van der Waals surface area contributed by atoms with Crippen molar-refractivity contribution in [2.45, 2.75) is 19.3 Å². The largest absolute Gasteiger partial charge is 0.478 e. The lowest BCUT2D eigenvalue weighted by molar-refractivity contribution is 0.0696. The van der Waals surface area contributed by atoms with Gasteiger partial charge in [0.2, 0.25) is 0 Å². The number of hydrogen-bond acceptors (Lipinski definition) is 3. The van der Waals surface area contributed by atoms with Crippen LogP contribution < -0.4 is 5.32 Å². The smallest absolute Gasteiger partial charge is 0.335 e. The van der Waals surface area contributed by atoms with E-state index in [0.717, 1.165) is 25.7 Å². The van der Waals surface area contributed by atoms with Crippen molar-refractivity contribution in [2.75, 3.05) is 31.5 Å². The zero-order valence-electron chi connectivity index (χ0n) is 10.9. The first-order valence-electron chi connectivity index (χ1n) is 6.66. The summed E-state index contributed by atoms with van der Waals surface area (Å²) in [6, 6.07) is 3.94. The van der Waals surface area contributed by atoms with E-state index in [4.69, 9.17) is 5.11 Å². The zero-order valence-corrected chi connectivity index (χ0v) is 10.9. The van der Waals surface area contributed by atoms with Crippen LogP contribution in [-0.2, 0) is 0 Å². The summed E-state index contributed by atoms with van der Waals surface area (Å²) >= 11 is 0. The van der Waals surface area contributed by atoms with Crippen molar-refractivity contribution in [1.29, 1.82) is 0 Å². The summed E-state index contributed by atoms with van der Waals surface area (Å²) in [6.45, 7) is 3.79. The number of aromatic carboxylic acids is 1. The van der Waals surface area contributed by atoms with Crippen molar-refractivity contribution in [2.24, 2.45) is 0 Å². The van der Waals surface area contributed by atoms with Gasteiger partial charge in [-0.2, -0.15) is 0 Å². The van der Waals surface area contributed by atoms with E-state index in [0.29, 0.717) is 12.2 Å². The molecule has 0 radical (unpaired) electrons. The van der Waals surface area contributed by atoms with Crippen molar-refractivity contribution in [3.8, 4) is 0 Å². The number of nitrogens with zero attached hydrogens (tertiary/aromatic N) is 1. The minimum atomic E-state index is -1.11. The third-order valence-electron chi connectivity index (χ3n) is 3.41. The van der Waals surface area contributed by atoms with Gasteiger partial charge >= 0.3 is 5.97 Å². The summed E-state index contributed by atoms with van der Waals surface area (Å²) in [5, 5.41) is 11.8. The Balaban J connectivity index is 1.83. The number of likely N-dealkylation sites (tertiary alicyclic amines) is 1. The Morgan fingerprint density at radius 1 is 1.32 bits per heavy atom. The Kier molecular flexibility index (Phi) is 4.74. The summed E-state index contributed by atoms with van der Waals surface area (Å²) in [5.74, 6) is -1.63. The molecule has 1 saturated heterocycles. The molecule has 1 aliphatic rings. The molecule has 0 aromatic heterocycles. The Morgan fingerprint density at radius 2 is 2.05 bits per heavy atom. The highest BCUT2D eigenvalue weighted by molar-refractivity contribution is 5.88. The van der Waals surface area contributed by atoms with Gasteiger partial charge in [0.15, 0.2) is 0 Å². The van der Waals surface area contributed by atoms with Crippen LogP contribution in [-0.4, -0.2) is 42.2 Å². The lowest BCUT2D eigenvalue weighted by Crippen LogP contribution is -2.33. The number of carbonyl (C=O) groups is 1. The molecule has 0 atom stereocenters. The fourth-order valence-electron chi connectivity index (χ4n) is 2.32. The average Bonchev–Trinajstić information content (AvgIpc) is 2.41. The molecule has 1 aliphatic heterocycles. The number of anilines is 1. The lowest BCUT2D eigenvalue weighted by Gasteiger charge is -2.26. The minimum Gasteiger partial charge on any atom is -0.478 e. The molecule has 0 aliphatic carbocycles. The molecule has 1 aromatic carbocycles. The SMILES string of the molecule is O=C(O)c1ccc(NCCN2CCCCC2)c(F)c1. The van der Waals surface area contributed by atoms with Crippen LogP contribution in [0.15, 0.2) is 18.2 Å². The first kappa shape index (κ1) is 13.8. The summed E-state index contributed by atoms with van der Waals surface area (Å²) in [4.78, 5) is 13.1. The monoisotopic (exact) mass is 266 g/mol. The van der Waals surface area contributed by atoms with Gasteiger partial charge in [-0.15, -0.1) is 0 Å². The second kappa shape index (κ2) is 6.52. The maximum absolute atomic E-state index is 13.6. The van der Waals surface area contributed by atoms with E-state index in [-0.39, 0.29) is 5.56 Å². The van der Waals surface area contributed by atoms with Gasteiger partial charge < -0.3 is 15.3 Å². The van der Waals surface area contributed by atoms with Crippen LogP contribution in [0, 0.1) is 5.82 Å². The molecule has 0 spiro atoms. The molecular formula is C14H19FN2O2. The number of carboxylic acids is 1. The highest BCUT2D eigenvalue weighted by atomic mass is 19.1. The maximum Gasteiger partial charge on any atom is 0.335 e. The van der Waals surface area contributed by atoms with E-state index in [9.17, 15) is 9.18 Å². The maximum atomic E-state index is 13.6. The van der Waals surface area contributed by atoms with Gasteiger partial charge in [-0.25, -0.2) is 9.18 Å². The molecule has 1 heterocycles. The van der Waals surface area contributed by atoms with Crippen molar-refractivity contribution in [3.05, 3.63) is 29.6 Å². The molecule has 19 heavy (non-hydrogen) atoms. The van der Waals surface area contributed by atoms with Crippen LogP contribution >= 0.6 is 0 Å². The molecule has 1 aromatic rings. The molecule has 0 amide bonds. The number of piperidine rings is 1. The molecule has 0 saturated carbocycles. The number of nitrogens with one attached hydrogen (secondary N) is 1. The molecule has 4 nitrogen and oxygen atoms in total. The van der Waals surface area contributed by atoms with Gasteiger partial charge in [-0.3, -0.25) is 0 Å². The Bertz CT molecular complexity index is 445. The average molecular weight is 266 g/mol. The highest BCUT2D eigenvalue weighted by Gasteiger charge is 2.10. The minimum absolute atomic E-state index is 0.0286. The number of rotatable bonds is 5. The Morgan fingerprint density at radius 3 is 2.68 bits per heavy atom. The highest BCUT2D eigenvalue weighted by Crippen LogP contribution is 2.16. The number of hydrogen-bond donors (Lipinski definition) is 2. The van der Waals surface area contributed by atoms with E-state index in [1.165, 1.54) is 31.4 Å². The summed E-state index contributed by atoms with van der Waals surface area (Å²) < 4.78 is 13.6. The standard InChI is InChI=1S/C14H19FN2O2/c15-12-10-11(14(18)19)4-5-13(12)16-6-9-17-7-2-1-3-8-17/h4-5,10,16H,1-3,6-9H2,(H,18,19). The number of carboxylic acid groups (broad SMARTS) is 1. The number of halogens is 1. The zero-order chi connectivity index (χ0) is 13.7. The van der Waals surface area contributed by atoms with E-state index in [2.05, 4.69) is 10.2 Å². The molecule has 2 N–H and O–H groups in total. The van der Waals surface area contributed by atoms with Crippen LogP contribution in [0.25, 0.3) is 0 Å². The molecule has 0 bridgehead atoms. The summed E-state index contributed by atoms with van der Waals surface area (Å²) in [5.41, 5.74) is 0.334. The van der Waals surface area contributed by atoms with Crippen molar-refractivity contribution in [1.82, 2.24) is 4.90 Å².